The van der Waals surface area contributed by atoms with Gasteiger partial charge in [0.2, 0.25) is 0 Å². The van der Waals surface area contributed by atoms with Crippen LogP contribution < -0.4 is 5.69 Å². The van der Waals surface area contributed by atoms with E-state index >= 15 is 0 Å². The van der Waals surface area contributed by atoms with Crippen LogP contribution in [0.5, 0.6) is 0 Å². The quantitative estimate of drug-likeness (QED) is 0.407. The number of aromatic nitrogens is 3. The van der Waals surface area contributed by atoms with Crippen LogP contribution in [0.4, 0.5) is 0 Å². The largest absolute Gasteiger partial charge is 0.449 e. The van der Waals surface area contributed by atoms with Crippen LogP contribution in [0.1, 0.15) is 0 Å². The zero-order chi connectivity index (χ0) is 6.15. The molecule has 1 rings (SSSR count). The van der Waals surface area contributed by atoms with Crippen LogP contribution in [-0.2, 0) is 33.6 Å². The fraction of sp³-hybridized carbons (Fsp3) is 0.500. The van der Waals surface area contributed by atoms with Crippen LogP contribution in [-0.4, -0.2) is 14.3 Å². The minimum absolute atomic E-state index is 0. The molecule has 0 N–H and O–H groups in total. The molecular formula is C4H6N3ORh-. The fourth-order valence-electron chi connectivity index (χ4n) is 0.437. The summed E-state index contributed by atoms with van der Waals surface area (Å²) >= 11 is 0. The minimum atomic E-state index is -0.148. The Morgan fingerprint density at radius 3 is 2.22 bits per heavy atom. The van der Waals surface area contributed by atoms with Crippen LogP contribution in [0.3, 0.4) is 0 Å². The second-order valence-corrected chi connectivity index (χ2v) is 1.57. The summed E-state index contributed by atoms with van der Waals surface area (Å²) in [6, 6.07) is 0. The first-order valence-electron chi connectivity index (χ1n) is 2.19. The Bertz CT molecular complexity index is 216. The van der Waals surface area contributed by atoms with E-state index in [0.717, 1.165) is 0 Å². The molecule has 1 radical (unpaired) electrons. The molecule has 4 nitrogen and oxygen atoms in total. The molecule has 1 heterocycles. The van der Waals surface area contributed by atoms with Crippen molar-refractivity contribution in [1.29, 1.82) is 0 Å². The molecule has 0 spiro atoms. The number of rotatable bonds is 0. The van der Waals surface area contributed by atoms with Crippen LogP contribution in [0.2, 0.25) is 0 Å². The molecule has 0 aliphatic heterocycles. The second-order valence-electron chi connectivity index (χ2n) is 1.57. The summed E-state index contributed by atoms with van der Waals surface area (Å²) in [7, 11) is 3.19. The van der Waals surface area contributed by atoms with Crippen LogP contribution in [0.25, 0.3) is 0 Å². The van der Waals surface area contributed by atoms with Crippen molar-refractivity contribution < 1.29 is 19.5 Å². The Morgan fingerprint density at radius 2 is 2.11 bits per heavy atom. The first kappa shape index (κ1) is 8.56. The van der Waals surface area contributed by atoms with Gasteiger partial charge in [-0.3, -0.25) is 5.10 Å². The molecule has 0 unspecified atom stereocenters. The van der Waals surface area contributed by atoms with Gasteiger partial charge in [-0.2, -0.15) is 0 Å². The summed E-state index contributed by atoms with van der Waals surface area (Å²) in [5.74, 6) is 0. The first-order valence-corrected chi connectivity index (χ1v) is 2.19. The van der Waals surface area contributed by atoms with E-state index in [0.29, 0.717) is 0 Å². The molecule has 5 heteroatoms. The van der Waals surface area contributed by atoms with Crippen LogP contribution in [0, 0.1) is 6.33 Å². The van der Waals surface area contributed by atoms with Gasteiger partial charge in [-0.05, 0) is 13.4 Å². The molecular weight excluding hydrogens is 209 g/mol. The van der Waals surface area contributed by atoms with Gasteiger partial charge in [0, 0.05) is 26.5 Å². The van der Waals surface area contributed by atoms with Crippen molar-refractivity contribution in [2.24, 2.45) is 14.1 Å². The minimum Gasteiger partial charge on any atom is -0.449 e. The molecule has 1 aromatic rings. The van der Waals surface area contributed by atoms with Gasteiger partial charge in [0.25, 0.3) is 0 Å². The van der Waals surface area contributed by atoms with E-state index in [-0.39, 0.29) is 25.2 Å². The van der Waals surface area contributed by atoms with Gasteiger partial charge in [-0.1, -0.05) is 0 Å². The van der Waals surface area contributed by atoms with Crippen molar-refractivity contribution in [3.05, 3.63) is 16.8 Å². The third-order valence-electron chi connectivity index (χ3n) is 0.908. The predicted molar refractivity (Wildman–Crippen MR) is 27.3 cm³/mol. The van der Waals surface area contributed by atoms with Gasteiger partial charge in [0.1, 0.15) is 0 Å². The Kier molecular flexibility index (Phi) is 2.78. The number of nitrogens with zero attached hydrogens (tertiary/aromatic N) is 3. The normalized spacial score (nSPS) is 8.67. The summed E-state index contributed by atoms with van der Waals surface area (Å²) < 4.78 is 2.51. The molecule has 0 saturated heterocycles. The summed E-state index contributed by atoms with van der Waals surface area (Å²) in [5.41, 5.74) is -0.148. The van der Waals surface area contributed by atoms with Gasteiger partial charge in [-0.15, -0.1) is 0 Å². The predicted octanol–water partition coefficient (Wildman–Crippen LogP) is -1.08. The Balaban J connectivity index is 0.000000640. The van der Waals surface area contributed by atoms with Crippen molar-refractivity contribution in [3.8, 4) is 0 Å². The van der Waals surface area contributed by atoms with Crippen LogP contribution >= 0.6 is 0 Å². The standard InChI is InChI=1S/C4H6N3O.Rh/c1-6-3-5-7(2)4(6)8;/h1-2H3;/q-1;. The number of hydrogen-bond donors (Lipinski definition) is 0. The Hall–Kier alpha value is -0.437. The molecule has 9 heavy (non-hydrogen) atoms. The number of aryl methyl sites for hydroxylation is 2. The topological polar surface area (TPSA) is 39.8 Å². The Labute approximate surface area is 65.2 Å². The van der Waals surface area contributed by atoms with E-state index in [1.54, 1.807) is 14.1 Å². The van der Waals surface area contributed by atoms with Gasteiger partial charge >= 0.3 is 0 Å². The maximum absolute atomic E-state index is 10.6. The van der Waals surface area contributed by atoms with Gasteiger partial charge in [-0.25, -0.2) is 0 Å². The first-order chi connectivity index (χ1) is 3.72. The molecule has 0 atom stereocenters. The van der Waals surface area contributed by atoms with Gasteiger partial charge in [0.05, 0.1) is 0 Å². The maximum atomic E-state index is 10.6. The molecule has 0 aliphatic carbocycles. The number of hydrogen-bond acceptors (Lipinski definition) is 2. The van der Waals surface area contributed by atoms with Gasteiger partial charge < -0.3 is 14.0 Å². The molecule has 0 bridgehead atoms. The van der Waals surface area contributed by atoms with Crippen molar-refractivity contribution in [2.75, 3.05) is 0 Å². The smallest absolute Gasteiger partial charge is 0.183 e. The second kappa shape index (κ2) is 2.92. The SMILES string of the molecule is Cn1[c-]nn(C)c1=O.[Rh]. The van der Waals surface area contributed by atoms with E-state index in [4.69, 9.17) is 0 Å². The molecule has 0 aromatic carbocycles. The average Bonchev–Trinajstić information content (AvgIpc) is 1.98. The third kappa shape index (κ3) is 1.48. The van der Waals surface area contributed by atoms with Gasteiger partial charge in [0.15, 0.2) is 5.69 Å². The molecule has 53 valence electrons. The summed E-state index contributed by atoms with van der Waals surface area (Å²) in [4.78, 5) is 10.6. The van der Waals surface area contributed by atoms with E-state index in [1.807, 2.05) is 0 Å². The summed E-state index contributed by atoms with van der Waals surface area (Å²) in [6.45, 7) is 0. The zero-order valence-electron chi connectivity index (χ0n) is 5.08. The molecule has 0 saturated carbocycles. The summed E-state index contributed by atoms with van der Waals surface area (Å²) in [6.07, 6.45) is 2.45. The monoisotopic (exact) mass is 215 g/mol. The van der Waals surface area contributed by atoms with E-state index in [2.05, 4.69) is 11.4 Å². The van der Waals surface area contributed by atoms with E-state index in [9.17, 15) is 4.79 Å². The molecule has 1 aromatic heterocycles. The molecule has 0 amide bonds. The van der Waals surface area contributed by atoms with E-state index < -0.39 is 0 Å². The zero-order valence-corrected chi connectivity index (χ0v) is 6.72. The van der Waals surface area contributed by atoms with Crippen molar-refractivity contribution in [3.63, 3.8) is 0 Å². The van der Waals surface area contributed by atoms with Crippen molar-refractivity contribution >= 4 is 0 Å². The van der Waals surface area contributed by atoms with Crippen molar-refractivity contribution in [1.82, 2.24) is 14.3 Å². The molecule has 0 aliphatic rings. The Morgan fingerprint density at radius 1 is 1.56 bits per heavy atom. The summed E-state index contributed by atoms with van der Waals surface area (Å²) in [5, 5.41) is 3.56. The van der Waals surface area contributed by atoms with Crippen molar-refractivity contribution in [2.45, 2.75) is 0 Å². The van der Waals surface area contributed by atoms with Crippen LogP contribution in [0.15, 0.2) is 4.79 Å². The molecule has 0 fully saturated rings. The fourth-order valence-corrected chi connectivity index (χ4v) is 0.437. The maximum Gasteiger partial charge on any atom is 0.183 e. The van der Waals surface area contributed by atoms with E-state index in [1.165, 1.54) is 9.25 Å². The average molecular weight is 215 g/mol. The third-order valence-corrected chi connectivity index (χ3v) is 0.908.